The standard InChI is InChI=1S/C11H13NO2/c1-2-4-11(14)12-8-9-5-3-6-10(13)7-9/h2-7,13H,8H2,1H3,(H,12,14). The minimum Gasteiger partial charge on any atom is -0.508 e. The smallest absolute Gasteiger partial charge is 0.243 e. The summed E-state index contributed by atoms with van der Waals surface area (Å²) in [4.78, 5) is 11.0. The molecule has 0 atom stereocenters. The first-order valence-electron chi connectivity index (χ1n) is 4.41. The van der Waals surface area contributed by atoms with E-state index in [1.807, 2.05) is 6.07 Å². The number of allylic oxidation sites excluding steroid dienone is 1. The number of phenolic OH excluding ortho intramolecular Hbond substituents is 1. The first-order valence-corrected chi connectivity index (χ1v) is 4.41. The fourth-order valence-electron chi connectivity index (χ4n) is 1.07. The van der Waals surface area contributed by atoms with Crippen molar-refractivity contribution in [1.29, 1.82) is 0 Å². The number of benzene rings is 1. The van der Waals surface area contributed by atoms with E-state index < -0.39 is 0 Å². The van der Waals surface area contributed by atoms with Gasteiger partial charge in [0.2, 0.25) is 5.91 Å². The van der Waals surface area contributed by atoms with Gasteiger partial charge in [-0.1, -0.05) is 18.2 Å². The number of hydrogen-bond donors (Lipinski definition) is 2. The third kappa shape index (κ3) is 3.31. The van der Waals surface area contributed by atoms with Crippen molar-refractivity contribution >= 4 is 5.91 Å². The van der Waals surface area contributed by atoms with Crippen LogP contribution in [0.4, 0.5) is 0 Å². The van der Waals surface area contributed by atoms with E-state index in [4.69, 9.17) is 5.11 Å². The Bertz CT molecular complexity index is 345. The Morgan fingerprint density at radius 1 is 1.57 bits per heavy atom. The van der Waals surface area contributed by atoms with Gasteiger partial charge in [0.05, 0.1) is 0 Å². The average Bonchev–Trinajstić information content (AvgIpc) is 2.15. The van der Waals surface area contributed by atoms with E-state index in [1.165, 1.54) is 6.08 Å². The number of nitrogens with one attached hydrogen (secondary N) is 1. The minimum atomic E-state index is -0.129. The molecule has 2 N–H and O–H groups in total. The lowest BCUT2D eigenvalue weighted by atomic mass is 10.2. The fourth-order valence-corrected chi connectivity index (χ4v) is 1.07. The summed E-state index contributed by atoms with van der Waals surface area (Å²) in [5, 5.41) is 11.8. The Morgan fingerprint density at radius 2 is 2.36 bits per heavy atom. The van der Waals surface area contributed by atoms with E-state index in [9.17, 15) is 4.79 Å². The van der Waals surface area contributed by atoms with E-state index in [-0.39, 0.29) is 11.7 Å². The monoisotopic (exact) mass is 191 g/mol. The predicted molar refractivity (Wildman–Crippen MR) is 54.8 cm³/mol. The summed E-state index contributed by atoms with van der Waals surface area (Å²) in [7, 11) is 0. The number of rotatable bonds is 3. The van der Waals surface area contributed by atoms with E-state index >= 15 is 0 Å². The number of phenols is 1. The van der Waals surface area contributed by atoms with Crippen LogP contribution in [-0.2, 0) is 11.3 Å². The highest BCUT2D eigenvalue weighted by molar-refractivity contribution is 5.87. The number of carbonyl (C=O) groups excluding carboxylic acids is 1. The van der Waals surface area contributed by atoms with Crippen LogP contribution in [0.2, 0.25) is 0 Å². The third-order valence-corrected chi connectivity index (χ3v) is 1.70. The van der Waals surface area contributed by atoms with Crippen molar-refractivity contribution in [3.05, 3.63) is 42.0 Å². The second-order valence-electron chi connectivity index (χ2n) is 2.89. The van der Waals surface area contributed by atoms with Gasteiger partial charge in [0, 0.05) is 6.54 Å². The summed E-state index contributed by atoms with van der Waals surface area (Å²) < 4.78 is 0. The average molecular weight is 191 g/mol. The van der Waals surface area contributed by atoms with Gasteiger partial charge < -0.3 is 10.4 Å². The summed E-state index contributed by atoms with van der Waals surface area (Å²) in [5.41, 5.74) is 0.878. The van der Waals surface area contributed by atoms with E-state index in [2.05, 4.69) is 5.32 Å². The van der Waals surface area contributed by atoms with Crippen LogP contribution in [0.15, 0.2) is 36.4 Å². The highest BCUT2D eigenvalue weighted by Crippen LogP contribution is 2.10. The molecule has 0 saturated carbocycles. The molecule has 0 aliphatic carbocycles. The van der Waals surface area contributed by atoms with Crippen LogP contribution in [0.1, 0.15) is 12.5 Å². The molecule has 0 aromatic heterocycles. The van der Waals surface area contributed by atoms with E-state index in [0.717, 1.165) is 5.56 Å². The summed E-state index contributed by atoms with van der Waals surface area (Å²) >= 11 is 0. The Morgan fingerprint density at radius 3 is 3.00 bits per heavy atom. The molecule has 0 heterocycles. The molecule has 0 spiro atoms. The quantitative estimate of drug-likeness (QED) is 0.713. The van der Waals surface area contributed by atoms with Crippen molar-refractivity contribution in [2.45, 2.75) is 13.5 Å². The zero-order chi connectivity index (χ0) is 10.4. The number of hydrogen-bond acceptors (Lipinski definition) is 2. The molecule has 1 aromatic carbocycles. The highest BCUT2D eigenvalue weighted by Gasteiger charge is 1.96. The van der Waals surface area contributed by atoms with E-state index in [1.54, 1.807) is 31.2 Å². The van der Waals surface area contributed by atoms with Crippen LogP contribution >= 0.6 is 0 Å². The maximum Gasteiger partial charge on any atom is 0.243 e. The zero-order valence-electron chi connectivity index (χ0n) is 8.03. The predicted octanol–water partition coefficient (Wildman–Crippen LogP) is 1.58. The molecule has 0 unspecified atom stereocenters. The zero-order valence-corrected chi connectivity index (χ0v) is 8.03. The molecule has 0 fully saturated rings. The number of aromatic hydroxyl groups is 1. The molecule has 14 heavy (non-hydrogen) atoms. The normalized spacial score (nSPS) is 10.4. The van der Waals surface area contributed by atoms with E-state index in [0.29, 0.717) is 6.54 Å². The fraction of sp³-hybridized carbons (Fsp3) is 0.182. The van der Waals surface area contributed by atoms with Gasteiger partial charge >= 0.3 is 0 Å². The lowest BCUT2D eigenvalue weighted by Gasteiger charge is -2.02. The van der Waals surface area contributed by atoms with Crippen molar-refractivity contribution in [1.82, 2.24) is 5.32 Å². The molecule has 3 heteroatoms. The first-order chi connectivity index (χ1) is 6.72. The van der Waals surface area contributed by atoms with Gasteiger partial charge in [-0.3, -0.25) is 4.79 Å². The SMILES string of the molecule is CC=CC(=O)NCc1cccc(O)c1. The summed E-state index contributed by atoms with van der Waals surface area (Å²) in [6.45, 7) is 2.21. The maximum absolute atomic E-state index is 11.0. The molecular formula is C11H13NO2. The second kappa shape index (κ2) is 5.07. The highest BCUT2D eigenvalue weighted by atomic mass is 16.3. The largest absolute Gasteiger partial charge is 0.508 e. The van der Waals surface area contributed by atoms with Crippen LogP contribution in [0, 0.1) is 0 Å². The van der Waals surface area contributed by atoms with Gasteiger partial charge in [-0.05, 0) is 30.7 Å². The number of carbonyl (C=O) groups is 1. The molecular weight excluding hydrogens is 178 g/mol. The van der Waals surface area contributed by atoms with Gasteiger partial charge in [-0.25, -0.2) is 0 Å². The second-order valence-corrected chi connectivity index (χ2v) is 2.89. The molecule has 0 aliphatic rings. The molecule has 3 nitrogen and oxygen atoms in total. The van der Waals surface area contributed by atoms with Crippen molar-refractivity contribution in [2.24, 2.45) is 0 Å². The van der Waals surface area contributed by atoms with Crippen LogP contribution < -0.4 is 5.32 Å². The Balaban J connectivity index is 2.49. The summed E-state index contributed by atoms with van der Waals surface area (Å²) in [5.74, 6) is 0.0821. The molecule has 0 aliphatic heterocycles. The van der Waals surface area contributed by atoms with Crippen LogP contribution in [0.3, 0.4) is 0 Å². The Kier molecular flexibility index (Phi) is 3.73. The third-order valence-electron chi connectivity index (χ3n) is 1.70. The first kappa shape index (κ1) is 10.3. The number of amides is 1. The van der Waals surface area contributed by atoms with Gasteiger partial charge in [-0.15, -0.1) is 0 Å². The molecule has 0 bridgehead atoms. The summed E-state index contributed by atoms with van der Waals surface area (Å²) in [6.07, 6.45) is 3.14. The lowest BCUT2D eigenvalue weighted by Crippen LogP contribution is -2.20. The minimum absolute atomic E-state index is 0.129. The Labute approximate surface area is 83.1 Å². The topological polar surface area (TPSA) is 49.3 Å². The van der Waals surface area contributed by atoms with Gasteiger partial charge in [-0.2, -0.15) is 0 Å². The molecule has 0 radical (unpaired) electrons. The molecule has 1 rings (SSSR count). The van der Waals surface area contributed by atoms with Gasteiger partial charge in [0.1, 0.15) is 5.75 Å². The summed E-state index contributed by atoms with van der Waals surface area (Å²) in [6, 6.07) is 6.80. The Hall–Kier alpha value is -1.77. The maximum atomic E-state index is 11.0. The van der Waals surface area contributed by atoms with Crippen molar-refractivity contribution < 1.29 is 9.90 Å². The van der Waals surface area contributed by atoms with Crippen LogP contribution in [0.25, 0.3) is 0 Å². The lowest BCUT2D eigenvalue weighted by molar-refractivity contribution is -0.116. The van der Waals surface area contributed by atoms with Crippen molar-refractivity contribution in [3.8, 4) is 5.75 Å². The molecule has 74 valence electrons. The molecule has 1 amide bonds. The van der Waals surface area contributed by atoms with Gasteiger partial charge in [0.15, 0.2) is 0 Å². The van der Waals surface area contributed by atoms with Crippen molar-refractivity contribution in [2.75, 3.05) is 0 Å². The molecule has 1 aromatic rings. The van der Waals surface area contributed by atoms with Crippen LogP contribution in [0.5, 0.6) is 5.75 Å². The van der Waals surface area contributed by atoms with Crippen LogP contribution in [-0.4, -0.2) is 11.0 Å². The van der Waals surface area contributed by atoms with Gasteiger partial charge in [0.25, 0.3) is 0 Å². The van der Waals surface area contributed by atoms with Crippen molar-refractivity contribution in [3.63, 3.8) is 0 Å². The molecule has 0 saturated heterocycles.